The summed E-state index contributed by atoms with van der Waals surface area (Å²) in [6.07, 6.45) is 3.80. The van der Waals surface area contributed by atoms with Crippen LogP contribution in [0.5, 0.6) is 0 Å². The molecular formula is C12H27N3OS. The molecule has 1 atom stereocenters. The molecule has 5 heteroatoms. The third-order valence-electron chi connectivity index (χ3n) is 2.68. The van der Waals surface area contributed by atoms with E-state index in [-0.39, 0.29) is 11.9 Å². The van der Waals surface area contributed by atoms with Crippen LogP contribution in [0.3, 0.4) is 0 Å². The zero-order chi connectivity index (χ0) is 13.3. The smallest absolute Gasteiger partial charge is 0.239 e. The van der Waals surface area contributed by atoms with Crippen molar-refractivity contribution in [2.24, 2.45) is 5.73 Å². The molecule has 0 heterocycles. The average molecular weight is 261 g/mol. The molecule has 2 N–H and O–H groups in total. The summed E-state index contributed by atoms with van der Waals surface area (Å²) in [6.45, 7) is 4.57. The number of carbonyl (C=O) groups is 1. The average Bonchev–Trinajstić information content (AvgIpc) is 2.30. The van der Waals surface area contributed by atoms with E-state index in [9.17, 15) is 4.79 Å². The fourth-order valence-electron chi connectivity index (χ4n) is 1.60. The lowest BCUT2D eigenvalue weighted by Crippen LogP contribution is -2.44. The van der Waals surface area contributed by atoms with Gasteiger partial charge in [-0.15, -0.1) is 0 Å². The molecule has 102 valence electrons. The predicted molar refractivity (Wildman–Crippen MR) is 76.4 cm³/mol. The van der Waals surface area contributed by atoms with Crippen LogP contribution in [-0.4, -0.2) is 67.5 Å². The Morgan fingerprint density at radius 2 is 2.00 bits per heavy atom. The number of hydrogen-bond donors (Lipinski definition) is 1. The van der Waals surface area contributed by atoms with E-state index < -0.39 is 0 Å². The van der Waals surface area contributed by atoms with Gasteiger partial charge >= 0.3 is 0 Å². The summed E-state index contributed by atoms with van der Waals surface area (Å²) in [5, 5.41) is 0. The van der Waals surface area contributed by atoms with Crippen LogP contribution < -0.4 is 5.73 Å². The lowest BCUT2D eigenvalue weighted by molar-refractivity contribution is -0.132. The summed E-state index contributed by atoms with van der Waals surface area (Å²) < 4.78 is 0. The van der Waals surface area contributed by atoms with Crippen LogP contribution >= 0.6 is 11.8 Å². The van der Waals surface area contributed by atoms with Crippen molar-refractivity contribution in [2.45, 2.75) is 25.8 Å². The standard InChI is InChI=1S/C12H27N3OS/c1-5-15(9-6-8-14(2)3)12(16)11(13)7-10-17-4/h11H,5-10,13H2,1-4H3/t11-/m0/s1. The molecule has 1 amide bonds. The van der Waals surface area contributed by atoms with E-state index in [1.54, 1.807) is 11.8 Å². The van der Waals surface area contributed by atoms with Crippen LogP contribution in [0.2, 0.25) is 0 Å². The van der Waals surface area contributed by atoms with Crippen molar-refractivity contribution in [1.82, 2.24) is 9.80 Å². The number of hydrogen-bond acceptors (Lipinski definition) is 4. The molecule has 0 aromatic heterocycles. The van der Waals surface area contributed by atoms with Crippen molar-refractivity contribution in [3.05, 3.63) is 0 Å². The minimum absolute atomic E-state index is 0.0975. The third kappa shape index (κ3) is 7.63. The highest BCUT2D eigenvalue weighted by molar-refractivity contribution is 7.98. The minimum atomic E-state index is -0.332. The number of amides is 1. The minimum Gasteiger partial charge on any atom is -0.342 e. The van der Waals surface area contributed by atoms with Gasteiger partial charge in [0, 0.05) is 13.1 Å². The van der Waals surface area contributed by atoms with Crippen LogP contribution in [0.1, 0.15) is 19.8 Å². The van der Waals surface area contributed by atoms with E-state index in [0.29, 0.717) is 0 Å². The number of thioether (sulfide) groups is 1. The Kier molecular flexibility index (Phi) is 9.59. The van der Waals surface area contributed by atoms with E-state index >= 15 is 0 Å². The second kappa shape index (κ2) is 9.74. The summed E-state index contributed by atoms with van der Waals surface area (Å²) in [4.78, 5) is 16.0. The number of nitrogens with two attached hydrogens (primary N) is 1. The van der Waals surface area contributed by atoms with Crippen LogP contribution in [-0.2, 0) is 4.79 Å². The van der Waals surface area contributed by atoms with E-state index in [0.717, 1.165) is 38.2 Å². The molecule has 0 aliphatic heterocycles. The van der Waals surface area contributed by atoms with Gasteiger partial charge in [-0.05, 0) is 52.4 Å². The predicted octanol–water partition coefficient (Wildman–Crippen LogP) is 0.867. The van der Waals surface area contributed by atoms with Crippen LogP contribution in [0.25, 0.3) is 0 Å². The number of carbonyl (C=O) groups excluding carboxylic acids is 1. The molecule has 4 nitrogen and oxygen atoms in total. The molecule has 0 fully saturated rings. The fourth-order valence-corrected chi connectivity index (χ4v) is 2.09. The first-order chi connectivity index (χ1) is 8.02. The normalized spacial score (nSPS) is 12.8. The zero-order valence-electron chi connectivity index (χ0n) is 11.6. The van der Waals surface area contributed by atoms with Gasteiger partial charge in [-0.25, -0.2) is 0 Å². The van der Waals surface area contributed by atoms with Gasteiger partial charge in [0.1, 0.15) is 0 Å². The lowest BCUT2D eigenvalue weighted by Gasteiger charge is -2.25. The Labute approximate surface area is 110 Å². The summed E-state index contributed by atoms with van der Waals surface area (Å²) in [7, 11) is 4.09. The molecule has 0 unspecified atom stereocenters. The van der Waals surface area contributed by atoms with Crippen molar-refractivity contribution in [2.75, 3.05) is 45.7 Å². The number of nitrogens with zero attached hydrogens (tertiary/aromatic N) is 2. The maximum absolute atomic E-state index is 12.0. The Morgan fingerprint density at radius 1 is 1.35 bits per heavy atom. The Morgan fingerprint density at radius 3 is 2.47 bits per heavy atom. The molecule has 0 aromatic rings. The highest BCUT2D eigenvalue weighted by Crippen LogP contribution is 2.03. The summed E-state index contributed by atoms with van der Waals surface area (Å²) >= 11 is 1.73. The van der Waals surface area contributed by atoms with Gasteiger partial charge in [0.25, 0.3) is 0 Å². The van der Waals surface area contributed by atoms with Gasteiger partial charge in [-0.3, -0.25) is 4.79 Å². The van der Waals surface area contributed by atoms with Crippen molar-refractivity contribution >= 4 is 17.7 Å². The zero-order valence-corrected chi connectivity index (χ0v) is 12.4. The summed E-state index contributed by atoms with van der Waals surface area (Å²) in [5.41, 5.74) is 5.90. The molecule has 0 aliphatic carbocycles. The molecule has 0 saturated carbocycles. The second-order valence-corrected chi connectivity index (χ2v) is 5.45. The Hall–Kier alpha value is -0.260. The van der Waals surface area contributed by atoms with Crippen LogP contribution in [0.15, 0.2) is 0 Å². The molecular weight excluding hydrogens is 234 g/mol. The van der Waals surface area contributed by atoms with Crippen molar-refractivity contribution in [3.8, 4) is 0 Å². The second-order valence-electron chi connectivity index (χ2n) is 4.46. The van der Waals surface area contributed by atoms with Crippen LogP contribution in [0, 0.1) is 0 Å². The number of rotatable bonds is 9. The van der Waals surface area contributed by atoms with Crippen molar-refractivity contribution in [3.63, 3.8) is 0 Å². The summed E-state index contributed by atoms with van der Waals surface area (Å²) in [6, 6.07) is -0.332. The quantitative estimate of drug-likeness (QED) is 0.669. The fraction of sp³-hybridized carbons (Fsp3) is 0.917. The van der Waals surface area contributed by atoms with Crippen molar-refractivity contribution < 1.29 is 4.79 Å². The van der Waals surface area contributed by atoms with E-state index in [4.69, 9.17) is 5.73 Å². The van der Waals surface area contributed by atoms with E-state index in [1.165, 1.54) is 0 Å². The SMILES string of the molecule is CCN(CCCN(C)C)C(=O)[C@@H](N)CCSC. The molecule has 0 aliphatic rings. The van der Waals surface area contributed by atoms with Gasteiger partial charge < -0.3 is 15.5 Å². The number of likely N-dealkylation sites (N-methyl/N-ethyl adjacent to an activating group) is 1. The third-order valence-corrected chi connectivity index (χ3v) is 3.32. The first-order valence-electron chi connectivity index (χ1n) is 6.21. The maximum atomic E-state index is 12.0. The van der Waals surface area contributed by atoms with E-state index in [2.05, 4.69) is 4.90 Å². The van der Waals surface area contributed by atoms with E-state index in [1.807, 2.05) is 32.2 Å². The van der Waals surface area contributed by atoms with Crippen molar-refractivity contribution in [1.29, 1.82) is 0 Å². The molecule has 17 heavy (non-hydrogen) atoms. The topological polar surface area (TPSA) is 49.6 Å². The highest BCUT2D eigenvalue weighted by atomic mass is 32.2. The van der Waals surface area contributed by atoms with Gasteiger partial charge in [-0.2, -0.15) is 11.8 Å². The Bertz CT molecular complexity index is 212. The molecule has 0 bridgehead atoms. The molecule has 0 radical (unpaired) electrons. The lowest BCUT2D eigenvalue weighted by atomic mass is 10.2. The van der Waals surface area contributed by atoms with Gasteiger partial charge in [0.2, 0.25) is 5.91 Å². The Balaban J connectivity index is 4.01. The summed E-state index contributed by atoms with van der Waals surface area (Å²) in [5.74, 6) is 1.04. The first kappa shape index (κ1) is 16.7. The molecule has 0 aromatic carbocycles. The van der Waals surface area contributed by atoms with Gasteiger partial charge in [0.05, 0.1) is 6.04 Å². The van der Waals surface area contributed by atoms with Gasteiger partial charge in [0.15, 0.2) is 0 Å². The van der Waals surface area contributed by atoms with Gasteiger partial charge in [-0.1, -0.05) is 0 Å². The molecule has 0 spiro atoms. The molecule has 0 rings (SSSR count). The maximum Gasteiger partial charge on any atom is 0.239 e. The largest absolute Gasteiger partial charge is 0.342 e. The first-order valence-corrected chi connectivity index (χ1v) is 7.60. The van der Waals surface area contributed by atoms with Crippen LogP contribution in [0.4, 0.5) is 0 Å². The highest BCUT2D eigenvalue weighted by Gasteiger charge is 2.18. The molecule has 0 saturated heterocycles. The monoisotopic (exact) mass is 261 g/mol.